The maximum absolute atomic E-state index is 12.0. The largest absolute Gasteiger partial charge is 0.472 e. The van der Waals surface area contributed by atoms with E-state index in [9.17, 15) is 14.4 Å². The van der Waals surface area contributed by atoms with Crippen LogP contribution in [-0.4, -0.2) is 24.3 Å². The van der Waals surface area contributed by atoms with Crippen LogP contribution in [0.4, 0.5) is 11.4 Å². The molecule has 3 N–H and O–H groups in total. The maximum atomic E-state index is 12.0. The van der Waals surface area contributed by atoms with E-state index in [-0.39, 0.29) is 36.4 Å². The normalized spacial score (nSPS) is 10.2. The highest BCUT2D eigenvalue weighted by Gasteiger charge is 2.10. The molecule has 3 aromatic rings. The first kappa shape index (κ1) is 18.0. The number of carbonyl (C=O) groups is 3. The zero-order valence-corrected chi connectivity index (χ0v) is 14.2. The Morgan fingerprint density at radius 1 is 0.889 bits per heavy atom. The Hall–Kier alpha value is -3.81. The van der Waals surface area contributed by atoms with E-state index in [1.54, 1.807) is 36.4 Å². The number of rotatable bonds is 7. The quantitative estimate of drug-likeness (QED) is 0.594. The minimum absolute atomic E-state index is 0.104. The molecule has 0 saturated carbocycles. The molecule has 0 aliphatic carbocycles. The van der Waals surface area contributed by atoms with Crippen molar-refractivity contribution in [3.05, 3.63) is 72.6 Å². The molecule has 138 valence electrons. The zero-order valence-electron chi connectivity index (χ0n) is 14.2. The van der Waals surface area contributed by atoms with Crippen molar-refractivity contribution in [1.82, 2.24) is 5.32 Å². The Morgan fingerprint density at radius 2 is 1.70 bits per heavy atom. The molecule has 2 heterocycles. The molecule has 0 fully saturated rings. The van der Waals surface area contributed by atoms with Crippen LogP contribution in [0.3, 0.4) is 0 Å². The molecule has 0 aliphatic heterocycles. The Morgan fingerprint density at radius 3 is 2.41 bits per heavy atom. The van der Waals surface area contributed by atoms with E-state index in [2.05, 4.69) is 16.0 Å². The van der Waals surface area contributed by atoms with Crippen LogP contribution in [0.2, 0.25) is 0 Å². The molecule has 0 aliphatic rings. The van der Waals surface area contributed by atoms with Gasteiger partial charge in [0.25, 0.3) is 11.8 Å². The second-order valence-electron chi connectivity index (χ2n) is 5.58. The van der Waals surface area contributed by atoms with E-state index >= 15 is 0 Å². The lowest BCUT2D eigenvalue weighted by Gasteiger charge is -2.08. The Kier molecular flexibility index (Phi) is 5.68. The van der Waals surface area contributed by atoms with Crippen molar-refractivity contribution in [2.24, 2.45) is 0 Å². The molecule has 3 amide bonds. The lowest BCUT2D eigenvalue weighted by molar-refractivity contribution is -0.116. The molecule has 8 heteroatoms. The van der Waals surface area contributed by atoms with Crippen LogP contribution < -0.4 is 16.0 Å². The molecule has 0 atom stereocenters. The smallest absolute Gasteiger partial charge is 0.291 e. The van der Waals surface area contributed by atoms with Gasteiger partial charge in [-0.05, 0) is 36.4 Å². The fourth-order valence-corrected chi connectivity index (χ4v) is 2.28. The molecule has 3 rings (SSSR count). The number of furan rings is 2. The predicted molar refractivity (Wildman–Crippen MR) is 97.4 cm³/mol. The van der Waals surface area contributed by atoms with Gasteiger partial charge in [0.05, 0.1) is 18.1 Å². The highest BCUT2D eigenvalue weighted by atomic mass is 16.3. The maximum Gasteiger partial charge on any atom is 0.291 e. The molecule has 2 aromatic heterocycles. The topological polar surface area (TPSA) is 114 Å². The molecule has 0 unspecified atom stereocenters. The van der Waals surface area contributed by atoms with Crippen molar-refractivity contribution in [2.75, 3.05) is 17.2 Å². The highest BCUT2D eigenvalue weighted by Crippen LogP contribution is 2.16. The second-order valence-corrected chi connectivity index (χ2v) is 5.58. The third kappa shape index (κ3) is 5.08. The Balaban J connectivity index is 1.48. The van der Waals surface area contributed by atoms with E-state index in [4.69, 9.17) is 8.83 Å². The zero-order chi connectivity index (χ0) is 19.1. The standard InChI is InChI=1S/C19H17N3O5/c23-17(6-8-20-18(24)13-7-10-26-12-13)21-14-3-1-4-15(11-14)22-19(25)16-5-2-9-27-16/h1-5,7,9-12H,6,8H2,(H,20,24)(H,21,23)(H,22,25). The molecule has 0 bridgehead atoms. The number of benzene rings is 1. The van der Waals surface area contributed by atoms with Crippen LogP contribution >= 0.6 is 0 Å². The molecule has 0 saturated heterocycles. The van der Waals surface area contributed by atoms with Crippen molar-refractivity contribution >= 4 is 29.1 Å². The van der Waals surface area contributed by atoms with Crippen molar-refractivity contribution < 1.29 is 23.2 Å². The van der Waals surface area contributed by atoms with Crippen molar-refractivity contribution in [3.8, 4) is 0 Å². The second kappa shape index (κ2) is 8.52. The summed E-state index contributed by atoms with van der Waals surface area (Å²) in [5, 5.41) is 8.02. The number of anilines is 2. The summed E-state index contributed by atoms with van der Waals surface area (Å²) < 4.78 is 9.86. The minimum atomic E-state index is -0.384. The summed E-state index contributed by atoms with van der Waals surface area (Å²) in [6.07, 6.45) is 4.25. The van der Waals surface area contributed by atoms with Crippen LogP contribution in [-0.2, 0) is 4.79 Å². The van der Waals surface area contributed by atoms with Gasteiger partial charge in [-0.3, -0.25) is 14.4 Å². The van der Waals surface area contributed by atoms with E-state index < -0.39 is 0 Å². The number of hydrogen-bond acceptors (Lipinski definition) is 5. The monoisotopic (exact) mass is 367 g/mol. The van der Waals surface area contributed by atoms with E-state index in [0.29, 0.717) is 16.9 Å². The molecule has 0 radical (unpaired) electrons. The van der Waals surface area contributed by atoms with Gasteiger partial charge in [-0.2, -0.15) is 0 Å². The molecule has 1 aromatic carbocycles. The van der Waals surface area contributed by atoms with Gasteiger partial charge in [-0.25, -0.2) is 0 Å². The molecular weight excluding hydrogens is 350 g/mol. The SMILES string of the molecule is O=C(CCNC(=O)c1ccoc1)Nc1cccc(NC(=O)c2ccco2)c1. The van der Waals surface area contributed by atoms with Gasteiger partial charge in [0, 0.05) is 24.3 Å². The van der Waals surface area contributed by atoms with Crippen LogP contribution in [0.1, 0.15) is 27.3 Å². The fraction of sp³-hybridized carbons (Fsp3) is 0.105. The number of nitrogens with one attached hydrogen (secondary N) is 3. The number of amides is 3. The van der Waals surface area contributed by atoms with Crippen LogP contribution in [0.15, 0.2) is 70.1 Å². The summed E-state index contributed by atoms with van der Waals surface area (Å²) in [5.41, 5.74) is 1.44. The first-order valence-electron chi connectivity index (χ1n) is 8.17. The van der Waals surface area contributed by atoms with Gasteiger partial charge in [-0.1, -0.05) is 6.07 Å². The summed E-state index contributed by atoms with van der Waals surface area (Å²) in [5.74, 6) is -0.764. The van der Waals surface area contributed by atoms with Crippen molar-refractivity contribution in [2.45, 2.75) is 6.42 Å². The molecule has 0 spiro atoms. The predicted octanol–water partition coefficient (Wildman–Crippen LogP) is 2.88. The molecule has 27 heavy (non-hydrogen) atoms. The van der Waals surface area contributed by atoms with Gasteiger partial charge in [0.15, 0.2) is 5.76 Å². The first-order valence-corrected chi connectivity index (χ1v) is 8.17. The lowest BCUT2D eigenvalue weighted by atomic mass is 10.2. The van der Waals surface area contributed by atoms with Crippen LogP contribution in [0, 0.1) is 0 Å². The van der Waals surface area contributed by atoms with Gasteiger partial charge < -0.3 is 24.8 Å². The van der Waals surface area contributed by atoms with E-state index in [1.807, 2.05) is 0 Å². The van der Waals surface area contributed by atoms with Crippen LogP contribution in [0.25, 0.3) is 0 Å². The van der Waals surface area contributed by atoms with Crippen molar-refractivity contribution in [1.29, 1.82) is 0 Å². The minimum Gasteiger partial charge on any atom is -0.472 e. The van der Waals surface area contributed by atoms with Gasteiger partial charge in [0.2, 0.25) is 5.91 Å². The third-order valence-electron chi connectivity index (χ3n) is 3.57. The average Bonchev–Trinajstić information content (AvgIpc) is 3.36. The summed E-state index contributed by atoms with van der Waals surface area (Å²) in [7, 11) is 0. The first-order chi connectivity index (χ1) is 13.1. The van der Waals surface area contributed by atoms with E-state index in [0.717, 1.165) is 0 Å². The molecule has 8 nitrogen and oxygen atoms in total. The Labute approximate surface area is 154 Å². The summed E-state index contributed by atoms with van der Waals surface area (Å²) in [6, 6.07) is 11.4. The third-order valence-corrected chi connectivity index (χ3v) is 3.57. The fourth-order valence-electron chi connectivity index (χ4n) is 2.28. The number of hydrogen-bond donors (Lipinski definition) is 3. The van der Waals surface area contributed by atoms with Crippen LogP contribution in [0.5, 0.6) is 0 Å². The lowest BCUT2D eigenvalue weighted by Crippen LogP contribution is -2.27. The van der Waals surface area contributed by atoms with Gasteiger partial charge >= 0.3 is 0 Å². The number of carbonyl (C=O) groups excluding carboxylic acids is 3. The van der Waals surface area contributed by atoms with Gasteiger partial charge in [-0.15, -0.1) is 0 Å². The van der Waals surface area contributed by atoms with Crippen molar-refractivity contribution in [3.63, 3.8) is 0 Å². The average molecular weight is 367 g/mol. The Bertz CT molecular complexity index is 917. The highest BCUT2D eigenvalue weighted by molar-refractivity contribution is 6.02. The van der Waals surface area contributed by atoms with E-state index in [1.165, 1.54) is 24.9 Å². The summed E-state index contributed by atoms with van der Waals surface area (Å²) in [6.45, 7) is 0.185. The summed E-state index contributed by atoms with van der Waals surface area (Å²) in [4.78, 5) is 35.7. The summed E-state index contributed by atoms with van der Waals surface area (Å²) >= 11 is 0. The van der Waals surface area contributed by atoms with Gasteiger partial charge in [0.1, 0.15) is 6.26 Å². The molecular formula is C19H17N3O5.